The topological polar surface area (TPSA) is 93.5 Å². The Kier molecular flexibility index (Phi) is 608. The van der Waals surface area contributed by atoms with Gasteiger partial charge in [-0.25, -0.2) is 0 Å². The number of hydrogen-bond donors (Lipinski definition) is 1. The molecule has 24 valence electrons. The van der Waals surface area contributed by atoms with Crippen molar-refractivity contribution < 1.29 is 46.6 Å². The van der Waals surface area contributed by atoms with Crippen LogP contribution in [0.1, 0.15) is 0 Å². The van der Waals surface area contributed by atoms with Crippen LogP contribution < -0.4 is 6.15 Å². The van der Waals surface area contributed by atoms with Gasteiger partial charge in [0.05, 0.1) is 0 Å². The first-order valence-corrected chi connectivity index (χ1v) is 0. The van der Waals surface area contributed by atoms with Gasteiger partial charge >= 0.3 is 35.6 Å². The fourth-order valence-corrected chi connectivity index (χ4v) is 0. The minimum Gasteiger partial charge on any atom is -2.00 e. The Balaban J connectivity index is 0. The standard InChI is InChI=1S/La.H3N.H2O.O/h;1H3;1H2;/q+3;;;-2/p-1. The van der Waals surface area contributed by atoms with Crippen LogP contribution in [-0.2, 0) is 5.48 Å². The minimum absolute atomic E-state index is 0. The summed E-state index contributed by atoms with van der Waals surface area (Å²) in [5.41, 5.74) is 0. The van der Waals surface area contributed by atoms with E-state index in [0.29, 0.717) is 0 Å². The van der Waals surface area contributed by atoms with Crippen molar-refractivity contribution in [2.45, 2.75) is 0 Å². The second-order valence-corrected chi connectivity index (χ2v) is 0. The molecule has 0 atom stereocenters. The van der Waals surface area contributed by atoms with Gasteiger partial charge < -0.3 is 17.1 Å². The monoisotopic (exact) mass is 189 g/mol. The molecular formula is H4LaNO2. The summed E-state index contributed by atoms with van der Waals surface area (Å²) in [4.78, 5) is 0. The van der Waals surface area contributed by atoms with Gasteiger partial charge in [0.2, 0.25) is 0 Å². The molecule has 0 bridgehead atoms. The SMILES string of the molecule is N.[La+3].[O-2].[OH-]. The van der Waals surface area contributed by atoms with E-state index in [1.54, 1.807) is 0 Å². The van der Waals surface area contributed by atoms with Crippen LogP contribution in [-0.4, -0.2) is 5.48 Å². The van der Waals surface area contributed by atoms with Crippen LogP contribution in [0.15, 0.2) is 0 Å². The maximum atomic E-state index is 0. The molecule has 0 aliphatic rings. The van der Waals surface area contributed by atoms with Crippen molar-refractivity contribution in [2.24, 2.45) is 0 Å². The predicted molar refractivity (Wildman–Crippen MR) is 7.64 cm³/mol. The summed E-state index contributed by atoms with van der Waals surface area (Å²) in [5.74, 6) is 0. The van der Waals surface area contributed by atoms with E-state index in [-0.39, 0.29) is 52.7 Å². The maximum Gasteiger partial charge on any atom is 3.00 e. The average molecular weight is 189 g/mol. The molecule has 4 heteroatoms. The van der Waals surface area contributed by atoms with Crippen LogP contribution in [0, 0.1) is 35.6 Å². The van der Waals surface area contributed by atoms with Gasteiger partial charge in [-0.3, -0.25) is 0 Å². The summed E-state index contributed by atoms with van der Waals surface area (Å²) in [6, 6.07) is 0. The van der Waals surface area contributed by atoms with Crippen LogP contribution in [0.4, 0.5) is 0 Å². The van der Waals surface area contributed by atoms with E-state index in [4.69, 9.17) is 0 Å². The fraction of sp³-hybridized carbons (Fsp3) is 0. The Bertz CT molecular complexity index is 6.00. The Hall–Kier alpha value is 1.07. The molecule has 0 rings (SSSR count). The van der Waals surface area contributed by atoms with Crippen molar-refractivity contribution in [2.75, 3.05) is 0 Å². The summed E-state index contributed by atoms with van der Waals surface area (Å²) in [5, 5.41) is 0. The summed E-state index contributed by atoms with van der Waals surface area (Å²) in [7, 11) is 0. The van der Waals surface area contributed by atoms with E-state index in [1.807, 2.05) is 0 Å². The summed E-state index contributed by atoms with van der Waals surface area (Å²) < 4.78 is 0. The van der Waals surface area contributed by atoms with E-state index >= 15 is 0 Å². The second kappa shape index (κ2) is 33.3. The van der Waals surface area contributed by atoms with Crippen molar-refractivity contribution in [3.05, 3.63) is 0 Å². The molecule has 0 unspecified atom stereocenters. The molecule has 0 aliphatic heterocycles. The zero-order chi connectivity index (χ0) is 0. The average Bonchev–Trinajstić information content (AvgIpc) is 0. The van der Waals surface area contributed by atoms with Gasteiger partial charge in [-0.15, -0.1) is 0 Å². The van der Waals surface area contributed by atoms with Crippen LogP contribution in [0.25, 0.3) is 0 Å². The van der Waals surface area contributed by atoms with Crippen molar-refractivity contribution >= 4 is 0 Å². The maximum absolute atomic E-state index is 0. The van der Waals surface area contributed by atoms with Crippen LogP contribution >= 0.6 is 0 Å². The molecule has 0 amide bonds. The molecular weight excluding hydrogens is 185 g/mol. The Labute approximate surface area is 52.6 Å². The molecule has 3 nitrogen and oxygen atoms in total. The third-order valence-corrected chi connectivity index (χ3v) is 0. The molecule has 4 N–H and O–H groups in total. The molecule has 0 saturated heterocycles. The van der Waals surface area contributed by atoms with Gasteiger partial charge in [0.1, 0.15) is 0 Å². The van der Waals surface area contributed by atoms with E-state index in [9.17, 15) is 0 Å². The molecule has 0 fully saturated rings. The molecule has 0 aromatic rings. The van der Waals surface area contributed by atoms with E-state index in [1.165, 1.54) is 0 Å². The smallest absolute Gasteiger partial charge is 2.00 e. The van der Waals surface area contributed by atoms with E-state index in [2.05, 4.69) is 0 Å². The third kappa shape index (κ3) is 11.5. The molecule has 0 aromatic carbocycles. The molecule has 0 radical (unpaired) electrons. The van der Waals surface area contributed by atoms with Crippen molar-refractivity contribution in [1.82, 2.24) is 6.15 Å². The molecule has 0 aliphatic carbocycles. The van der Waals surface area contributed by atoms with Gasteiger partial charge in [-0.2, -0.15) is 0 Å². The number of rotatable bonds is 0. The van der Waals surface area contributed by atoms with Gasteiger partial charge in [-0.1, -0.05) is 0 Å². The Morgan fingerprint density at radius 3 is 1.00 bits per heavy atom. The Morgan fingerprint density at radius 2 is 1.00 bits per heavy atom. The number of hydrogen-bond acceptors (Lipinski definition) is 2. The molecule has 4 heavy (non-hydrogen) atoms. The third-order valence-electron chi connectivity index (χ3n) is 0. The van der Waals surface area contributed by atoms with E-state index in [0.717, 1.165) is 0 Å². The van der Waals surface area contributed by atoms with Crippen molar-refractivity contribution in [3.8, 4) is 0 Å². The van der Waals surface area contributed by atoms with Crippen LogP contribution in [0.3, 0.4) is 0 Å². The van der Waals surface area contributed by atoms with Gasteiger partial charge in [-0.05, 0) is 0 Å². The summed E-state index contributed by atoms with van der Waals surface area (Å²) >= 11 is 0. The van der Waals surface area contributed by atoms with Gasteiger partial charge in [0, 0.05) is 0 Å². The van der Waals surface area contributed by atoms with Crippen LogP contribution in [0.2, 0.25) is 0 Å². The second-order valence-electron chi connectivity index (χ2n) is 0. The van der Waals surface area contributed by atoms with Crippen molar-refractivity contribution in [3.63, 3.8) is 0 Å². The quantitative estimate of drug-likeness (QED) is 0.574. The predicted octanol–water partition coefficient (Wildman–Crippen LogP) is -0.134. The molecule has 0 saturated carbocycles. The molecule has 0 spiro atoms. The normalized spacial score (nSPS) is 0. The first-order chi connectivity index (χ1) is 0. The first kappa shape index (κ1) is 72.9. The Morgan fingerprint density at radius 1 is 1.00 bits per heavy atom. The van der Waals surface area contributed by atoms with Crippen molar-refractivity contribution in [1.29, 1.82) is 0 Å². The largest absolute Gasteiger partial charge is 3.00 e. The zero-order valence-electron chi connectivity index (χ0n) is 2.14. The van der Waals surface area contributed by atoms with E-state index < -0.39 is 0 Å². The van der Waals surface area contributed by atoms with Gasteiger partial charge in [0.25, 0.3) is 0 Å². The van der Waals surface area contributed by atoms with Gasteiger partial charge in [0.15, 0.2) is 0 Å². The van der Waals surface area contributed by atoms with Crippen LogP contribution in [0.5, 0.6) is 0 Å². The fourth-order valence-electron chi connectivity index (χ4n) is 0. The molecule has 0 heterocycles. The minimum atomic E-state index is 0. The summed E-state index contributed by atoms with van der Waals surface area (Å²) in [6.45, 7) is 0. The zero-order valence-corrected chi connectivity index (χ0v) is 5.77. The summed E-state index contributed by atoms with van der Waals surface area (Å²) in [6.07, 6.45) is 0. The molecule has 0 aromatic heterocycles. The first-order valence-electron chi connectivity index (χ1n) is 0.